The fourth-order valence-corrected chi connectivity index (χ4v) is 1.65. The van der Waals surface area contributed by atoms with Gasteiger partial charge in [-0.15, -0.1) is 0 Å². The van der Waals surface area contributed by atoms with Crippen LogP contribution < -0.4 is 10.6 Å². The van der Waals surface area contributed by atoms with Gasteiger partial charge in [0.1, 0.15) is 5.76 Å². The normalized spacial score (nSPS) is 10.1. The maximum Gasteiger partial charge on any atom is 0.319 e. The van der Waals surface area contributed by atoms with Gasteiger partial charge in [0.2, 0.25) is 0 Å². The second kappa shape index (κ2) is 5.60. The van der Waals surface area contributed by atoms with Crippen LogP contribution in [0, 0.1) is 6.92 Å². The zero-order valence-corrected chi connectivity index (χ0v) is 10.6. The van der Waals surface area contributed by atoms with E-state index >= 15 is 0 Å². The third kappa shape index (κ3) is 3.28. The van der Waals surface area contributed by atoms with Crippen molar-refractivity contribution < 1.29 is 9.21 Å². The highest BCUT2D eigenvalue weighted by atomic mass is 35.5. The van der Waals surface area contributed by atoms with Gasteiger partial charge < -0.3 is 15.1 Å². The van der Waals surface area contributed by atoms with E-state index < -0.39 is 0 Å². The van der Waals surface area contributed by atoms with Crippen LogP contribution in [0.15, 0.2) is 41.0 Å². The molecule has 0 saturated carbocycles. The van der Waals surface area contributed by atoms with Crippen molar-refractivity contribution >= 4 is 23.3 Å². The third-order valence-corrected chi connectivity index (χ3v) is 2.69. The number of aryl methyl sites for hydroxylation is 1. The van der Waals surface area contributed by atoms with Gasteiger partial charge in [-0.05, 0) is 36.8 Å². The number of urea groups is 1. The van der Waals surface area contributed by atoms with E-state index in [0.29, 0.717) is 23.0 Å². The molecule has 4 nitrogen and oxygen atoms in total. The molecule has 0 unspecified atom stereocenters. The lowest BCUT2D eigenvalue weighted by atomic mass is 10.2. The molecule has 2 N–H and O–H groups in total. The van der Waals surface area contributed by atoms with Crippen molar-refractivity contribution in [2.24, 2.45) is 0 Å². The number of halogens is 1. The summed E-state index contributed by atoms with van der Waals surface area (Å²) < 4.78 is 5.11. The lowest BCUT2D eigenvalue weighted by Crippen LogP contribution is -2.28. The van der Waals surface area contributed by atoms with Crippen LogP contribution in [0.5, 0.6) is 0 Å². The third-order valence-electron chi connectivity index (χ3n) is 2.45. The second-order valence-corrected chi connectivity index (χ2v) is 4.28. The minimum absolute atomic E-state index is 0.295. The lowest BCUT2D eigenvalue weighted by Gasteiger charge is -2.09. The average Bonchev–Trinajstić information content (AvgIpc) is 2.84. The average molecular weight is 265 g/mol. The van der Waals surface area contributed by atoms with Crippen molar-refractivity contribution in [3.05, 3.63) is 52.9 Å². The highest BCUT2D eigenvalue weighted by Crippen LogP contribution is 2.19. The molecule has 0 fully saturated rings. The van der Waals surface area contributed by atoms with Gasteiger partial charge in [0.15, 0.2) is 0 Å². The summed E-state index contributed by atoms with van der Waals surface area (Å²) in [6.07, 6.45) is 1.57. The van der Waals surface area contributed by atoms with Crippen molar-refractivity contribution in [3.63, 3.8) is 0 Å². The summed E-state index contributed by atoms with van der Waals surface area (Å²) in [5.74, 6) is 0.702. The fraction of sp³-hybridized carbons (Fsp3) is 0.154. The first-order valence-electron chi connectivity index (χ1n) is 5.48. The molecule has 1 aromatic carbocycles. The highest BCUT2D eigenvalue weighted by molar-refractivity contribution is 6.31. The maximum atomic E-state index is 11.7. The number of nitrogens with one attached hydrogen (secondary N) is 2. The molecule has 0 saturated heterocycles. The van der Waals surface area contributed by atoms with E-state index in [4.69, 9.17) is 16.0 Å². The van der Waals surface area contributed by atoms with Crippen LogP contribution in [0.1, 0.15) is 11.3 Å². The van der Waals surface area contributed by atoms with E-state index in [1.54, 1.807) is 30.5 Å². The van der Waals surface area contributed by atoms with Crippen LogP contribution in [0.4, 0.5) is 10.5 Å². The molecule has 0 aliphatic carbocycles. The SMILES string of the molecule is Cc1ccc(Cl)cc1NC(=O)NCc1ccco1. The van der Waals surface area contributed by atoms with Crippen LogP contribution in [0.3, 0.4) is 0 Å². The lowest BCUT2D eigenvalue weighted by molar-refractivity contribution is 0.251. The number of hydrogen-bond acceptors (Lipinski definition) is 2. The van der Waals surface area contributed by atoms with Gasteiger partial charge in [-0.25, -0.2) is 4.79 Å². The molecule has 2 rings (SSSR count). The largest absolute Gasteiger partial charge is 0.467 e. The van der Waals surface area contributed by atoms with Gasteiger partial charge in [-0.2, -0.15) is 0 Å². The molecule has 18 heavy (non-hydrogen) atoms. The second-order valence-electron chi connectivity index (χ2n) is 3.85. The molecular formula is C13H13ClN2O2. The Balaban J connectivity index is 1.92. The van der Waals surface area contributed by atoms with E-state index in [2.05, 4.69) is 10.6 Å². The fourth-order valence-electron chi connectivity index (χ4n) is 1.48. The van der Waals surface area contributed by atoms with Gasteiger partial charge in [0, 0.05) is 10.7 Å². The Morgan fingerprint density at radius 2 is 2.22 bits per heavy atom. The summed E-state index contributed by atoms with van der Waals surface area (Å²) in [4.78, 5) is 11.7. The Morgan fingerprint density at radius 1 is 1.39 bits per heavy atom. The minimum atomic E-state index is -0.295. The first-order valence-corrected chi connectivity index (χ1v) is 5.86. The predicted octanol–water partition coefficient (Wildman–Crippen LogP) is 3.56. The molecule has 2 amide bonds. The molecule has 2 aromatic rings. The molecule has 0 aliphatic rings. The number of amides is 2. The summed E-state index contributed by atoms with van der Waals surface area (Å²) in [7, 11) is 0. The minimum Gasteiger partial charge on any atom is -0.467 e. The van der Waals surface area contributed by atoms with Gasteiger partial charge in [-0.3, -0.25) is 0 Å². The monoisotopic (exact) mass is 264 g/mol. The van der Waals surface area contributed by atoms with Crippen molar-refractivity contribution in [3.8, 4) is 0 Å². The molecule has 0 radical (unpaired) electrons. The van der Waals surface area contributed by atoms with Crippen LogP contribution >= 0.6 is 11.6 Å². The van der Waals surface area contributed by atoms with E-state index in [0.717, 1.165) is 5.56 Å². The number of hydrogen-bond donors (Lipinski definition) is 2. The van der Waals surface area contributed by atoms with Crippen LogP contribution in [0.2, 0.25) is 5.02 Å². The van der Waals surface area contributed by atoms with Crippen LogP contribution in [-0.2, 0) is 6.54 Å². The van der Waals surface area contributed by atoms with Crippen LogP contribution in [-0.4, -0.2) is 6.03 Å². The van der Waals surface area contributed by atoms with Crippen molar-refractivity contribution in [2.45, 2.75) is 13.5 Å². The molecule has 0 spiro atoms. The first kappa shape index (κ1) is 12.5. The molecule has 0 aliphatic heterocycles. The molecule has 1 heterocycles. The van der Waals surface area contributed by atoms with Gasteiger partial charge in [0.05, 0.1) is 12.8 Å². The maximum absolute atomic E-state index is 11.7. The van der Waals surface area contributed by atoms with Gasteiger partial charge in [0.25, 0.3) is 0 Å². The molecule has 5 heteroatoms. The Labute approximate surface area is 110 Å². The Morgan fingerprint density at radius 3 is 2.94 bits per heavy atom. The molecule has 0 atom stereocenters. The zero-order chi connectivity index (χ0) is 13.0. The Hall–Kier alpha value is -1.94. The summed E-state index contributed by atoms with van der Waals surface area (Å²) in [5, 5.41) is 6.02. The number of furan rings is 1. The molecular weight excluding hydrogens is 252 g/mol. The number of carbonyl (C=O) groups excluding carboxylic acids is 1. The van der Waals surface area contributed by atoms with Gasteiger partial charge in [-0.1, -0.05) is 17.7 Å². The first-order chi connectivity index (χ1) is 8.65. The van der Waals surface area contributed by atoms with Crippen molar-refractivity contribution in [1.29, 1.82) is 0 Å². The van der Waals surface area contributed by atoms with E-state index in [1.807, 2.05) is 13.0 Å². The van der Waals surface area contributed by atoms with E-state index in [-0.39, 0.29) is 6.03 Å². The Bertz CT molecular complexity index is 538. The highest BCUT2D eigenvalue weighted by Gasteiger charge is 2.05. The molecule has 0 bridgehead atoms. The van der Waals surface area contributed by atoms with E-state index in [9.17, 15) is 4.79 Å². The smallest absolute Gasteiger partial charge is 0.319 e. The number of anilines is 1. The van der Waals surface area contributed by atoms with Crippen molar-refractivity contribution in [2.75, 3.05) is 5.32 Å². The van der Waals surface area contributed by atoms with Crippen molar-refractivity contribution in [1.82, 2.24) is 5.32 Å². The van der Waals surface area contributed by atoms with Gasteiger partial charge >= 0.3 is 6.03 Å². The summed E-state index contributed by atoms with van der Waals surface area (Å²) in [5.41, 5.74) is 1.65. The number of carbonyl (C=O) groups is 1. The quantitative estimate of drug-likeness (QED) is 0.891. The number of rotatable bonds is 3. The summed E-state index contributed by atoms with van der Waals surface area (Å²) in [6.45, 7) is 2.25. The topological polar surface area (TPSA) is 54.3 Å². The van der Waals surface area contributed by atoms with E-state index in [1.165, 1.54) is 0 Å². The molecule has 94 valence electrons. The summed E-state index contributed by atoms with van der Waals surface area (Å²) >= 11 is 5.87. The Kier molecular flexibility index (Phi) is 3.89. The van der Waals surface area contributed by atoms with Crippen LogP contribution in [0.25, 0.3) is 0 Å². The zero-order valence-electron chi connectivity index (χ0n) is 9.87. The predicted molar refractivity (Wildman–Crippen MR) is 70.8 cm³/mol. The summed E-state index contributed by atoms with van der Waals surface area (Å²) in [6, 6.07) is 8.62. The standard InChI is InChI=1S/C13H13ClN2O2/c1-9-4-5-10(14)7-12(9)16-13(17)15-8-11-3-2-6-18-11/h2-7H,8H2,1H3,(H2,15,16,17). The number of benzene rings is 1. The molecule has 1 aromatic heterocycles.